The van der Waals surface area contributed by atoms with E-state index in [0.29, 0.717) is 5.92 Å². The molecule has 31 heavy (non-hydrogen) atoms. The number of aromatic nitrogens is 4. The monoisotopic (exact) mass is 418 g/mol. The molecule has 5 heterocycles. The molecule has 1 saturated heterocycles. The van der Waals surface area contributed by atoms with E-state index in [-0.39, 0.29) is 17.5 Å². The second-order valence-corrected chi connectivity index (χ2v) is 9.94. The molecule has 2 fully saturated rings. The minimum Gasteiger partial charge on any atom is -0.346 e. The third-order valence-corrected chi connectivity index (χ3v) is 7.58. The lowest BCUT2D eigenvalue weighted by Gasteiger charge is -2.24. The molecular weight excluding hydrogens is 388 g/mol. The fraction of sp³-hybridized carbons (Fsp3) is 0.542. The van der Waals surface area contributed by atoms with Crippen molar-refractivity contribution in [1.29, 1.82) is 0 Å². The molecule has 7 nitrogen and oxygen atoms in total. The Bertz CT molecular complexity index is 1160. The summed E-state index contributed by atoms with van der Waals surface area (Å²) in [5, 5.41) is 9.22. The highest BCUT2D eigenvalue weighted by Crippen LogP contribution is 2.44. The zero-order valence-corrected chi connectivity index (χ0v) is 18.3. The molecule has 6 rings (SSSR count). The lowest BCUT2D eigenvalue weighted by molar-refractivity contribution is 0.203. The first-order valence-electron chi connectivity index (χ1n) is 11.6. The predicted molar refractivity (Wildman–Crippen MR) is 120 cm³/mol. The number of hydrogen-bond acceptors (Lipinski definition) is 3. The van der Waals surface area contributed by atoms with Crippen molar-refractivity contribution in [1.82, 2.24) is 30.0 Å². The molecule has 2 aliphatic heterocycles. The van der Waals surface area contributed by atoms with E-state index in [1.165, 1.54) is 35.9 Å². The number of nitrogens with zero attached hydrogens (tertiary/aromatic N) is 4. The summed E-state index contributed by atoms with van der Waals surface area (Å²) in [5.41, 5.74) is 5.75. The molecular formula is C24H30N6O. The van der Waals surface area contributed by atoms with Gasteiger partial charge in [-0.15, -0.1) is 0 Å². The van der Waals surface area contributed by atoms with Crippen molar-refractivity contribution < 1.29 is 4.79 Å². The number of amides is 2. The summed E-state index contributed by atoms with van der Waals surface area (Å²) in [6.45, 7) is 6.51. The van der Waals surface area contributed by atoms with Gasteiger partial charge in [0, 0.05) is 60.1 Å². The van der Waals surface area contributed by atoms with Crippen LogP contribution in [0.15, 0.2) is 24.5 Å². The smallest absolute Gasteiger partial charge is 0.317 e. The number of carbonyl (C=O) groups is 1. The first-order valence-corrected chi connectivity index (χ1v) is 11.6. The Hall–Kier alpha value is -2.83. The van der Waals surface area contributed by atoms with Crippen molar-refractivity contribution >= 4 is 17.1 Å². The van der Waals surface area contributed by atoms with Gasteiger partial charge in [0.15, 0.2) is 0 Å². The Labute approximate surface area is 182 Å². The second kappa shape index (κ2) is 6.84. The molecule has 7 heteroatoms. The number of urea groups is 1. The minimum atomic E-state index is 0.0300. The van der Waals surface area contributed by atoms with E-state index in [4.69, 9.17) is 5.10 Å². The quantitative estimate of drug-likeness (QED) is 0.670. The predicted octanol–water partition coefficient (Wildman–Crippen LogP) is 4.16. The molecule has 1 aliphatic carbocycles. The molecule has 2 N–H and O–H groups in total. The van der Waals surface area contributed by atoms with E-state index in [2.05, 4.69) is 38.3 Å². The van der Waals surface area contributed by atoms with Gasteiger partial charge in [-0.1, -0.05) is 6.42 Å². The van der Waals surface area contributed by atoms with E-state index >= 15 is 0 Å². The number of pyridine rings is 1. The maximum atomic E-state index is 12.5. The number of carbonyl (C=O) groups excluding carboxylic acids is 1. The van der Waals surface area contributed by atoms with E-state index in [9.17, 15) is 4.79 Å². The molecule has 162 valence electrons. The number of rotatable bonds is 3. The van der Waals surface area contributed by atoms with Crippen molar-refractivity contribution in [3.63, 3.8) is 0 Å². The zero-order valence-electron chi connectivity index (χ0n) is 18.3. The molecule has 1 atom stereocenters. The lowest BCUT2D eigenvalue weighted by Crippen LogP contribution is -2.43. The van der Waals surface area contributed by atoms with Gasteiger partial charge >= 0.3 is 6.03 Å². The molecule has 1 saturated carbocycles. The van der Waals surface area contributed by atoms with Crippen LogP contribution in [0.4, 0.5) is 4.79 Å². The zero-order chi connectivity index (χ0) is 21.2. The van der Waals surface area contributed by atoms with Crippen molar-refractivity contribution in [2.75, 3.05) is 13.1 Å². The van der Waals surface area contributed by atoms with Gasteiger partial charge in [0.25, 0.3) is 0 Å². The average molecular weight is 419 g/mol. The highest BCUT2D eigenvalue weighted by Gasteiger charge is 2.47. The maximum Gasteiger partial charge on any atom is 0.317 e. The Morgan fingerprint density at radius 2 is 2.10 bits per heavy atom. The molecule has 2 amide bonds. The van der Waals surface area contributed by atoms with Crippen LogP contribution in [0.5, 0.6) is 0 Å². The Balaban J connectivity index is 1.30. The fourth-order valence-electron chi connectivity index (χ4n) is 5.62. The van der Waals surface area contributed by atoms with Gasteiger partial charge < -0.3 is 15.2 Å². The fourth-order valence-corrected chi connectivity index (χ4v) is 5.62. The lowest BCUT2D eigenvalue weighted by atomic mass is 9.80. The average Bonchev–Trinajstić information content (AvgIpc) is 3.46. The van der Waals surface area contributed by atoms with E-state index in [0.717, 1.165) is 49.4 Å². The summed E-state index contributed by atoms with van der Waals surface area (Å²) in [5.74, 6) is 0.669. The van der Waals surface area contributed by atoms with Crippen LogP contribution in [0, 0.1) is 0 Å². The van der Waals surface area contributed by atoms with Crippen LogP contribution in [0.25, 0.3) is 22.3 Å². The van der Waals surface area contributed by atoms with Crippen LogP contribution in [0.3, 0.4) is 0 Å². The largest absolute Gasteiger partial charge is 0.346 e. The number of likely N-dealkylation sites (tertiary alicyclic amines) is 1. The summed E-state index contributed by atoms with van der Waals surface area (Å²) in [4.78, 5) is 22.5. The number of hydrogen-bond donors (Lipinski definition) is 2. The van der Waals surface area contributed by atoms with Crippen LogP contribution < -0.4 is 5.32 Å². The normalized spacial score (nSPS) is 23.1. The number of fused-ring (bicyclic) bond motifs is 3. The molecule has 0 radical (unpaired) electrons. The van der Waals surface area contributed by atoms with Crippen LogP contribution in [-0.2, 0) is 12.0 Å². The molecule has 1 unspecified atom stereocenters. The molecule has 3 aromatic heterocycles. The molecule has 0 aromatic carbocycles. The number of aryl methyl sites for hydroxylation is 1. The van der Waals surface area contributed by atoms with Crippen LogP contribution in [-0.4, -0.2) is 49.8 Å². The van der Waals surface area contributed by atoms with Gasteiger partial charge in [-0.3, -0.25) is 4.68 Å². The van der Waals surface area contributed by atoms with Gasteiger partial charge in [-0.05, 0) is 63.1 Å². The Morgan fingerprint density at radius 1 is 1.26 bits per heavy atom. The van der Waals surface area contributed by atoms with Gasteiger partial charge in [0.2, 0.25) is 0 Å². The highest BCUT2D eigenvalue weighted by molar-refractivity contribution is 5.84. The van der Waals surface area contributed by atoms with Crippen LogP contribution in [0.2, 0.25) is 0 Å². The minimum absolute atomic E-state index is 0.0300. The van der Waals surface area contributed by atoms with E-state index in [1.807, 2.05) is 24.9 Å². The third-order valence-electron chi connectivity index (χ3n) is 7.58. The number of H-pyrrole nitrogens is 1. The SMILES string of the molecule is CC(C)NC(=O)N1CCC2(CCn3nc(-c4cnc5[nH]cc(C6CCC6)c5c4)cc32)C1. The van der Waals surface area contributed by atoms with Crippen molar-refractivity contribution in [2.24, 2.45) is 0 Å². The number of aromatic amines is 1. The van der Waals surface area contributed by atoms with E-state index in [1.54, 1.807) is 0 Å². The molecule has 0 bridgehead atoms. The van der Waals surface area contributed by atoms with Gasteiger partial charge in [-0.25, -0.2) is 9.78 Å². The Morgan fingerprint density at radius 3 is 2.87 bits per heavy atom. The maximum absolute atomic E-state index is 12.5. The summed E-state index contributed by atoms with van der Waals surface area (Å²) >= 11 is 0. The van der Waals surface area contributed by atoms with Crippen LogP contribution >= 0.6 is 0 Å². The third kappa shape index (κ3) is 2.97. The summed E-state index contributed by atoms with van der Waals surface area (Å²) in [6.07, 6.45) is 10.0. The standard InChI is InChI=1S/C24H30N6O/c1-15(2)27-23(31)29-8-6-24(14-29)7-9-30-21(24)11-20(28-30)17-10-18-19(16-4-3-5-16)13-26-22(18)25-12-17/h10-13,15-16H,3-9,14H2,1-2H3,(H,25,26)(H,27,31). The van der Waals surface area contributed by atoms with E-state index < -0.39 is 0 Å². The van der Waals surface area contributed by atoms with Crippen molar-refractivity contribution in [3.05, 3.63) is 35.8 Å². The van der Waals surface area contributed by atoms with Crippen molar-refractivity contribution in [2.45, 2.75) is 69.9 Å². The van der Waals surface area contributed by atoms with Gasteiger partial charge in [0.1, 0.15) is 5.65 Å². The summed E-state index contributed by atoms with van der Waals surface area (Å²) in [7, 11) is 0. The summed E-state index contributed by atoms with van der Waals surface area (Å²) < 4.78 is 2.16. The molecule has 3 aromatic rings. The topological polar surface area (TPSA) is 78.8 Å². The van der Waals surface area contributed by atoms with Gasteiger partial charge in [-0.2, -0.15) is 5.10 Å². The molecule has 3 aliphatic rings. The van der Waals surface area contributed by atoms with Crippen LogP contribution in [0.1, 0.15) is 63.1 Å². The Kier molecular flexibility index (Phi) is 4.17. The first-order chi connectivity index (χ1) is 15.0. The second-order valence-electron chi connectivity index (χ2n) is 9.94. The van der Waals surface area contributed by atoms with Crippen molar-refractivity contribution in [3.8, 4) is 11.3 Å². The first kappa shape index (κ1) is 18.9. The van der Waals surface area contributed by atoms with Gasteiger partial charge in [0.05, 0.1) is 5.69 Å². The number of nitrogens with one attached hydrogen (secondary N) is 2. The highest BCUT2D eigenvalue weighted by atomic mass is 16.2. The summed E-state index contributed by atoms with van der Waals surface area (Å²) in [6, 6.07) is 4.71. The molecule has 1 spiro atoms.